The van der Waals surface area contributed by atoms with Crippen LogP contribution >= 0.6 is 0 Å². The van der Waals surface area contributed by atoms with Crippen LogP contribution < -0.4 is 0 Å². The number of fused-ring (bicyclic) bond motifs is 1. The van der Waals surface area contributed by atoms with Crippen molar-refractivity contribution < 1.29 is 9.84 Å². The molecule has 1 aliphatic rings. The van der Waals surface area contributed by atoms with E-state index < -0.39 is 0 Å². The third kappa shape index (κ3) is 1.97. The molecule has 3 rings (SSSR count). The molecule has 0 aliphatic carbocycles. The van der Waals surface area contributed by atoms with E-state index in [1.54, 1.807) is 0 Å². The second-order valence-corrected chi connectivity index (χ2v) is 4.18. The molecule has 4 heteroatoms. The van der Waals surface area contributed by atoms with E-state index >= 15 is 0 Å². The number of nitrogens with zero attached hydrogens (tertiary/aromatic N) is 2. The fourth-order valence-corrected chi connectivity index (χ4v) is 2.13. The van der Waals surface area contributed by atoms with Crippen LogP contribution in [0.3, 0.4) is 0 Å². The Balaban J connectivity index is 1.85. The first-order valence-corrected chi connectivity index (χ1v) is 5.70. The summed E-state index contributed by atoms with van der Waals surface area (Å²) in [6.07, 6.45) is 0.0511. The highest BCUT2D eigenvalue weighted by molar-refractivity contribution is 5.19. The summed E-state index contributed by atoms with van der Waals surface area (Å²) < 4.78 is 7.73. The lowest BCUT2D eigenvalue weighted by molar-refractivity contribution is -0.00124. The van der Waals surface area contributed by atoms with Crippen LogP contribution in [-0.4, -0.2) is 14.9 Å². The minimum atomic E-state index is -0.0179. The fraction of sp³-hybridized carbons (Fsp3) is 0.308. The average molecular weight is 230 g/mol. The normalized spacial score (nSPS) is 19.0. The maximum Gasteiger partial charge on any atom is 0.103 e. The van der Waals surface area contributed by atoms with Gasteiger partial charge in [0.05, 0.1) is 31.1 Å². The summed E-state index contributed by atoms with van der Waals surface area (Å²) in [7, 11) is 0. The quantitative estimate of drug-likeness (QED) is 0.853. The molecule has 0 radical (unpaired) electrons. The number of benzene rings is 1. The van der Waals surface area contributed by atoms with Crippen molar-refractivity contribution in [1.82, 2.24) is 9.78 Å². The maximum atomic E-state index is 9.05. The van der Waals surface area contributed by atoms with Crippen LogP contribution in [0.25, 0.3) is 0 Å². The van der Waals surface area contributed by atoms with E-state index in [-0.39, 0.29) is 12.7 Å². The van der Waals surface area contributed by atoms with E-state index in [0.717, 1.165) is 5.69 Å². The summed E-state index contributed by atoms with van der Waals surface area (Å²) in [4.78, 5) is 0. The molecule has 0 unspecified atom stereocenters. The molecule has 4 nitrogen and oxygen atoms in total. The van der Waals surface area contributed by atoms with Crippen LogP contribution in [-0.2, 0) is 24.5 Å². The molecule has 0 bridgehead atoms. The van der Waals surface area contributed by atoms with Gasteiger partial charge in [-0.3, -0.25) is 4.68 Å². The van der Waals surface area contributed by atoms with Crippen molar-refractivity contribution >= 4 is 0 Å². The van der Waals surface area contributed by atoms with Gasteiger partial charge in [0.1, 0.15) is 6.10 Å². The number of aliphatic hydroxyl groups excluding tert-OH is 1. The second-order valence-electron chi connectivity index (χ2n) is 4.18. The molecule has 0 saturated heterocycles. The molecule has 0 fully saturated rings. The number of rotatable bonds is 2. The first-order valence-electron chi connectivity index (χ1n) is 5.70. The summed E-state index contributed by atoms with van der Waals surface area (Å²) in [5.41, 5.74) is 2.90. The van der Waals surface area contributed by atoms with Crippen molar-refractivity contribution in [3.05, 3.63) is 53.3 Å². The molecule has 2 heterocycles. The molecule has 1 atom stereocenters. The van der Waals surface area contributed by atoms with E-state index in [0.29, 0.717) is 18.8 Å². The fourth-order valence-electron chi connectivity index (χ4n) is 2.13. The topological polar surface area (TPSA) is 47.3 Å². The Kier molecular flexibility index (Phi) is 2.66. The zero-order chi connectivity index (χ0) is 11.7. The largest absolute Gasteiger partial charge is 0.390 e. The standard InChI is InChI=1S/C13H14N2O2/c16-8-11-6-12-9-17-13(7-15(12)14-11)10-4-2-1-3-5-10/h1-6,13,16H,7-9H2/t13-/m0/s1. The molecule has 0 saturated carbocycles. The lowest BCUT2D eigenvalue weighted by Gasteiger charge is -2.24. The van der Waals surface area contributed by atoms with Crippen LogP contribution in [0.2, 0.25) is 0 Å². The number of hydrogen-bond donors (Lipinski definition) is 1. The molecule has 2 aromatic rings. The first-order chi connectivity index (χ1) is 8.36. The first kappa shape index (κ1) is 10.5. The summed E-state index contributed by atoms with van der Waals surface area (Å²) >= 11 is 0. The lowest BCUT2D eigenvalue weighted by atomic mass is 10.1. The molecule has 88 valence electrons. The predicted octanol–water partition coefficient (Wildman–Crippen LogP) is 1.65. The number of aliphatic hydroxyl groups is 1. The Morgan fingerprint density at radius 1 is 1.35 bits per heavy atom. The number of ether oxygens (including phenoxy) is 1. The van der Waals surface area contributed by atoms with Crippen LogP contribution in [0.15, 0.2) is 36.4 Å². The Morgan fingerprint density at radius 2 is 2.18 bits per heavy atom. The van der Waals surface area contributed by atoms with Gasteiger partial charge in [-0.15, -0.1) is 0 Å². The van der Waals surface area contributed by atoms with Crippen molar-refractivity contribution in [2.45, 2.75) is 25.9 Å². The summed E-state index contributed by atoms with van der Waals surface area (Å²) in [5.74, 6) is 0. The van der Waals surface area contributed by atoms with Crippen LogP contribution in [0.1, 0.15) is 23.1 Å². The Labute approximate surface area is 99.5 Å². The SMILES string of the molecule is OCc1cc2n(n1)C[C@@H](c1ccccc1)OC2. The predicted molar refractivity (Wildman–Crippen MR) is 62.1 cm³/mol. The lowest BCUT2D eigenvalue weighted by Crippen LogP contribution is -2.21. The number of hydrogen-bond acceptors (Lipinski definition) is 3. The van der Waals surface area contributed by atoms with Crippen LogP contribution in [0.4, 0.5) is 0 Å². The zero-order valence-corrected chi connectivity index (χ0v) is 9.41. The van der Waals surface area contributed by atoms with Gasteiger partial charge in [-0.2, -0.15) is 5.10 Å². The molecule has 1 aromatic heterocycles. The monoisotopic (exact) mass is 230 g/mol. The second kappa shape index (κ2) is 4.31. The highest BCUT2D eigenvalue weighted by Crippen LogP contribution is 2.26. The van der Waals surface area contributed by atoms with E-state index in [1.807, 2.05) is 28.9 Å². The van der Waals surface area contributed by atoms with E-state index in [2.05, 4.69) is 17.2 Å². The maximum absolute atomic E-state index is 9.05. The minimum Gasteiger partial charge on any atom is -0.390 e. The van der Waals surface area contributed by atoms with E-state index in [1.165, 1.54) is 5.56 Å². The highest BCUT2D eigenvalue weighted by Gasteiger charge is 2.21. The van der Waals surface area contributed by atoms with Gasteiger partial charge in [0.25, 0.3) is 0 Å². The highest BCUT2D eigenvalue weighted by atomic mass is 16.5. The third-order valence-corrected chi connectivity index (χ3v) is 3.02. The molecule has 1 aromatic carbocycles. The van der Waals surface area contributed by atoms with Crippen molar-refractivity contribution in [2.75, 3.05) is 0 Å². The van der Waals surface area contributed by atoms with E-state index in [9.17, 15) is 0 Å². The van der Waals surface area contributed by atoms with Gasteiger partial charge in [0.2, 0.25) is 0 Å². The molecule has 0 amide bonds. The van der Waals surface area contributed by atoms with Gasteiger partial charge in [0.15, 0.2) is 0 Å². The van der Waals surface area contributed by atoms with Gasteiger partial charge in [-0.25, -0.2) is 0 Å². The Hall–Kier alpha value is -1.65. The summed E-state index contributed by atoms with van der Waals surface area (Å²) in [6, 6.07) is 12.0. The van der Waals surface area contributed by atoms with Gasteiger partial charge < -0.3 is 9.84 Å². The van der Waals surface area contributed by atoms with E-state index in [4.69, 9.17) is 9.84 Å². The molecular weight excluding hydrogens is 216 g/mol. The zero-order valence-electron chi connectivity index (χ0n) is 9.41. The molecule has 17 heavy (non-hydrogen) atoms. The molecule has 0 spiro atoms. The Bertz CT molecular complexity index is 507. The third-order valence-electron chi connectivity index (χ3n) is 3.02. The molecular formula is C13H14N2O2. The van der Waals surface area contributed by atoms with Crippen LogP contribution in [0, 0.1) is 0 Å². The van der Waals surface area contributed by atoms with Crippen molar-refractivity contribution in [3.63, 3.8) is 0 Å². The van der Waals surface area contributed by atoms with Gasteiger partial charge in [0, 0.05) is 0 Å². The number of aromatic nitrogens is 2. The van der Waals surface area contributed by atoms with Crippen molar-refractivity contribution in [3.8, 4) is 0 Å². The van der Waals surface area contributed by atoms with Crippen molar-refractivity contribution in [1.29, 1.82) is 0 Å². The van der Waals surface area contributed by atoms with Crippen molar-refractivity contribution in [2.24, 2.45) is 0 Å². The van der Waals surface area contributed by atoms with Gasteiger partial charge in [-0.05, 0) is 11.6 Å². The smallest absolute Gasteiger partial charge is 0.103 e. The van der Waals surface area contributed by atoms with Gasteiger partial charge in [-0.1, -0.05) is 30.3 Å². The average Bonchev–Trinajstić information content (AvgIpc) is 2.81. The molecule has 1 N–H and O–H groups in total. The minimum absolute atomic E-state index is 0.0179. The summed E-state index contributed by atoms with van der Waals surface area (Å²) in [6.45, 7) is 1.24. The van der Waals surface area contributed by atoms with Crippen LogP contribution in [0.5, 0.6) is 0 Å². The Morgan fingerprint density at radius 3 is 2.94 bits per heavy atom. The summed E-state index contributed by atoms with van der Waals surface area (Å²) in [5, 5.41) is 13.4. The van der Waals surface area contributed by atoms with Gasteiger partial charge >= 0.3 is 0 Å². The molecule has 1 aliphatic heterocycles.